The average Bonchev–Trinajstić information content (AvgIpc) is 2.85. The van der Waals surface area contributed by atoms with Crippen LogP contribution in [-0.4, -0.2) is 46.7 Å². The van der Waals surface area contributed by atoms with E-state index in [1.807, 2.05) is 20.8 Å². The Morgan fingerprint density at radius 2 is 1.24 bits per heavy atom. The second kappa shape index (κ2) is 14.7. The Labute approximate surface area is 227 Å². The van der Waals surface area contributed by atoms with Crippen LogP contribution in [-0.2, 0) is 14.3 Å². The number of carbonyl (C=O) groups excluding carboxylic acids is 1. The van der Waals surface area contributed by atoms with Crippen LogP contribution in [0.1, 0.15) is 131 Å². The number of carbonyl (C=O) groups is 1. The van der Waals surface area contributed by atoms with Crippen molar-refractivity contribution in [3.05, 3.63) is 0 Å². The smallest absolute Gasteiger partial charge is 0.332 e. The molecule has 0 spiro atoms. The Hall–Kier alpha value is -0.650. The van der Waals surface area contributed by atoms with Crippen LogP contribution in [0, 0.1) is 35.5 Å². The maximum atomic E-state index is 12.0. The summed E-state index contributed by atoms with van der Waals surface area (Å²) in [5.41, 5.74) is -0.463. The summed E-state index contributed by atoms with van der Waals surface area (Å²) in [6.07, 6.45) is 17.0. The fourth-order valence-electron chi connectivity index (χ4n) is 7.76. The molecule has 3 fully saturated rings. The van der Waals surface area contributed by atoms with Crippen LogP contribution in [0.2, 0.25) is 0 Å². The highest BCUT2D eigenvalue weighted by Gasteiger charge is 2.35. The van der Waals surface area contributed by atoms with E-state index in [0.717, 1.165) is 68.1 Å². The van der Waals surface area contributed by atoms with Gasteiger partial charge in [-0.3, -0.25) is 0 Å². The highest BCUT2D eigenvalue weighted by molar-refractivity contribution is 5.71. The largest absolute Gasteiger partial charge is 0.458 e. The molecule has 5 heteroatoms. The van der Waals surface area contributed by atoms with Gasteiger partial charge in [0.05, 0.1) is 18.3 Å². The summed E-state index contributed by atoms with van der Waals surface area (Å²) in [7, 11) is 0. The predicted molar refractivity (Wildman–Crippen MR) is 149 cm³/mol. The molecular formula is C32H58O5. The second-order valence-electron chi connectivity index (χ2n) is 13.9. The number of aliphatic hydroxyl groups is 2. The van der Waals surface area contributed by atoms with E-state index < -0.39 is 5.60 Å². The molecule has 3 aliphatic rings. The molecule has 37 heavy (non-hydrogen) atoms. The minimum absolute atomic E-state index is 0.0639. The number of hydrogen-bond acceptors (Lipinski definition) is 5. The zero-order chi connectivity index (χ0) is 27.0. The SMILES string of the molecule is CCC(CC(CC(C)C1CCC(OCC(=O)OC(C)(C)C)CC1)C1CCC(O)CC1)C1CCC(O)CC1. The summed E-state index contributed by atoms with van der Waals surface area (Å²) >= 11 is 0. The maximum absolute atomic E-state index is 12.0. The van der Waals surface area contributed by atoms with E-state index in [1.54, 1.807) is 0 Å². The van der Waals surface area contributed by atoms with Crippen molar-refractivity contribution in [1.82, 2.24) is 0 Å². The van der Waals surface area contributed by atoms with Gasteiger partial charge in [0, 0.05) is 0 Å². The van der Waals surface area contributed by atoms with Crippen LogP contribution in [0.4, 0.5) is 0 Å². The molecule has 0 aromatic carbocycles. The van der Waals surface area contributed by atoms with Gasteiger partial charge in [0.1, 0.15) is 12.2 Å². The lowest BCUT2D eigenvalue weighted by molar-refractivity contribution is -0.163. The van der Waals surface area contributed by atoms with Crippen molar-refractivity contribution in [3.63, 3.8) is 0 Å². The van der Waals surface area contributed by atoms with Gasteiger partial charge in [0.15, 0.2) is 0 Å². The Kier molecular flexibility index (Phi) is 12.2. The van der Waals surface area contributed by atoms with Crippen LogP contribution in [0.5, 0.6) is 0 Å². The van der Waals surface area contributed by atoms with Crippen LogP contribution in [0.15, 0.2) is 0 Å². The molecule has 3 rings (SSSR count). The van der Waals surface area contributed by atoms with Gasteiger partial charge in [-0.15, -0.1) is 0 Å². The highest BCUT2D eigenvalue weighted by atomic mass is 16.6. The predicted octanol–water partition coefficient (Wildman–Crippen LogP) is 7.06. The first-order chi connectivity index (χ1) is 17.5. The van der Waals surface area contributed by atoms with Gasteiger partial charge in [-0.05, 0) is 146 Å². The first-order valence-corrected chi connectivity index (χ1v) is 15.7. The van der Waals surface area contributed by atoms with Crippen molar-refractivity contribution in [1.29, 1.82) is 0 Å². The zero-order valence-corrected chi connectivity index (χ0v) is 24.6. The lowest BCUT2D eigenvalue weighted by Crippen LogP contribution is -2.33. The van der Waals surface area contributed by atoms with Crippen molar-refractivity contribution in [3.8, 4) is 0 Å². The lowest BCUT2D eigenvalue weighted by Gasteiger charge is -2.40. The molecule has 216 valence electrons. The Bertz CT molecular complexity index is 649. The molecule has 2 N–H and O–H groups in total. The van der Waals surface area contributed by atoms with Crippen LogP contribution in [0.25, 0.3) is 0 Å². The summed E-state index contributed by atoms with van der Waals surface area (Å²) < 4.78 is 11.3. The van der Waals surface area contributed by atoms with Gasteiger partial charge in [-0.2, -0.15) is 0 Å². The van der Waals surface area contributed by atoms with E-state index in [9.17, 15) is 15.0 Å². The molecule has 3 atom stereocenters. The third-order valence-corrected chi connectivity index (χ3v) is 10.0. The summed E-state index contributed by atoms with van der Waals surface area (Å²) in [6, 6.07) is 0. The minimum Gasteiger partial charge on any atom is -0.458 e. The molecule has 0 radical (unpaired) electrons. The number of rotatable bonds is 11. The van der Waals surface area contributed by atoms with E-state index in [1.165, 1.54) is 57.8 Å². The van der Waals surface area contributed by atoms with E-state index in [2.05, 4.69) is 13.8 Å². The Morgan fingerprint density at radius 1 is 0.757 bits per heavy atom. The van der Waals surface area contributed by atoms with Crippen LogP contribution < -0.4 is 0 Å². The molecule has 0 aliphatic heterocycles. The van der Waals surface area contributed by atoms with E-state index in [4.69, 9.17) is 9.47 Å². The highest BCUT2D eigenvalue weighted by Crippen LogP contribution is 2.44. The third-order valence-electron chi connectivity index (χ3n) is 10.0. The zero-order valence-electron chi connectivity index (χ0n) is 24.6. The molecule has 0 saturated heterocycles. The quantitative estimate of drug-likeness (QED) is 0.284. The van der Waals surface area contributed by atoms with Gasteiger partial charge in [0.2, 0.25) is 0 Å². The third kappa shape index (κ3) is 10.4. The maximum Gasteiger partial charge on any atom is 0.332 e. The van der Waals surface area contributed by atoms with E-state index in [-0.39, 0.29) is 30.9 Å². The molecule has 3 saturated carbocycles. The summed E-state index contributed by atoms with van der Waals surface area (Å²) in [5, 5.41) is 20.2. The summed E-state index contributed by atoms with van der Waals surface area (Å²) in [4.78, 5) is 12.0. The average molecular weight is 523 g/mol. The first kappa shape index (κ1) is 30.9. The van der Waals surface area contributed by atoms with Crippen molar-refractivity contribution in [2.45, 2.75) is 155 Å². The van der Waals surface area contributed by atoms with Crippen molar-refractivity contribution in [2.75, 3.05) is 6.61 Å². The minimum atomic E-state index is -0.463. The molecule has 3 unspecified atom stereocenters. The Morgan fingerprint density at radius 3 is 1.73 bits per heavy atom. The summed E-state index contributed by atoms with van der Waals surface area (Å²) in [6.45, 7) is 10.6. The van der Waals surface area contributed by atoms with Gasteiger partial charge in [-0.1, -0.05) is 20.3 Å². The van der Waals surface area contributed by atoms with Crippen molar-refractivity contribution >= 4 is 5.97 Å². The van der Waals surface area contributed by atoms with Crippen molar-refractivity contribution < 1.29 is 24.5 Å². The number of aliphatic hydroxyl groups excluding tert-OH is 2. The molecule has 5 nitrogen and oxygen atoms in total. The lowest BCUT2D eigenvalue weighted by atomic mass is 9.66. The molecule has 0 amide bonds. The molecule has 0 heterocycles. The molecule has 0 aromatic rings. The standard InChI is InChI=1S/C32H58O5/c1-6-23(25-7-13-28(33)14-8-25)20-27(26-9-15-29(34)16-10-26)19-22(2)24-11-17-30(18-12-24)36-21-31(35)37-32(3,4)5/h22-30,33-34H,6-21H2,1-5H3. The van der Waals surface area contributed by atoms with Gasteiger partial charge < -0.3 is 19.7 Å². The van der Waals surface area contributed by atoms with E-state index >= 15 is 0 Å². The second-order valence-corrected chi connectivity index (χ2v) is 13.9. The number of esters is 1. The molecule has 3 aliphatic carbocycles. The van der Waals surface area contributed by atoms with Crippen molar-refractivity contribution in [2.24, 2.45) is 35.5 Å². The Balaban J connectivity index is 1.51. The number of ether oxygens (including phenoxy) is 2. The van der Waals surface area contributed by atoms with E-state index in [0.29, 0.717) is 5.92 Å². The topological polar surface area (TPSA) is 76.0 Å². The summed E-state index contributed by atoms with van der Waals surface area (Å²) in [5.74, 6) is 4.23. The first-order valence-electron chi connectivity index (χ1n) is 15.7. The van der Waals surface area contributed by atoms with Gasteiger partial charge in [-0.25, -0.2) is 4.79 Å². The normalized spacial score (nSPS) is 33.9. The fourth-order valence-corrected chi connectivity index (χ4v) is 7.76. The molecule has 0 aromatic heterocycles. The van der Waals surface area contributed by atoms with Crippen LogP contribution >= 0.6 is 0 Å². The van der Waals surface area contributed by atoms with Gasteiger partial charge >= 0.3 is 5.97 Å². The fraction of sp³-hybridized carbons (Fsp3) is 0.969. The molecule has 0 bridgehead atoms. The molecular weight excluding hydrogens is 464 g/mol. The number of hydrogen-bond donors (Lipinski definition) is 2. The monoisotopic (exact) mass is 522 g/mol. The van der Waals surface area contributed by atoms with Crippen LogP contribution in [0.3, 0.4) is 0 Å². The van der Waals surface area contributed by atoms with Gasteiger partial charge in [0.25, 0.3) is 0 Å².